The van der Waals surface area contributed by atoms with Gasteiger partial charge in [-0.3, -0.25) is 4.79 Å². The van der Waals surface area contributed by atoms with Gasteiger partial charge in [-0.15, -0.1) is 0 Å². The number of hydrogen-bond acceptors (Lipinski definition) is 4. The van der Waals surface area contributed by atoms with E-state index in [9.17, 15) is 14.9 Å². The van der Waals surface area contributed by atoms with Crippen molar-refractivity contribution in [3.05, 3.63) is 48.0 Å². The molecule has 1 unspecified atom stereocenters. The lowest BCUT2D eigenvalue weighted by Gasteiger charge is -2.25. The second-order valence-corrected chi connectivity index (χ2v) is 5.28. The van der Waals surface area contributed by atoms with Crippen LogP contribution in [0.4, 0.5) is 0 Å². The second-order valence-electron chi connectivity index (χ2n) is 5.28. The molecule has 0 heterocycles. The number of esters is 1. The molecule has 0 aromatic heterocycles. The first-order chi connectivity index (χ1) is 11.0. The number of hydrogen-bond donors (Lipinski definition) is 1. The highest BCUT2D eigenvalue weighted by molar-refractivity contribution is 5.91. The monoisotopic (exact) mass is 310 g/mol. The summed E-state index contributed by atoms with van der Waals surface area (Å²) >= 11 is 0. The average Bonchev–Trinajstić information content (AvgIpc) is 2.53. The molecule has 1 N–H and O–H groups in total. The Bertz CT molecular complexity index is 779. The van der Waals surface area contributed by atoms with Crippen LogP contribution in [0.1, 0.15) is 19.4 Å². The maximum atomic E-state index is 12.2. The van der Waals surface area contributed by atoms with Crippen molar-refractivity contribution < 1.29 is 14.3 Å². The van der Waals surface area contributed by atoms with Gasteiger partial charge in [-0.1, -0.05) is 42.5 Å². The van der Waals surface area contributed by atoms with E-state index >= 15 is 0 Å². The number of nitrogens with one attached hydrogen (secondary N) is 1. The standard InChI is InChI=1S/C18H18N2O3/c1-3-23-17(22)18(12-19,20-13(2)21)11-14-8-9-15-6-4-5-7-16(15)10-14/h4-10H,3,11H2,1-2H3,(H,20,21). The highest BCUT2D eigenvalue weighted by Crippen LogP contribution is 2.21. The minimum absolute atomic E-state index is 0.0484. The quantitative estimate of drug-likeness (QED) is 0.860. The molecule has 1 atom stereocenters. The van der Waals surface area contributed by atoms with E-state index in [0.29, 0.717) is 0 Å². The molecule has 23 heavy (non-hydrogen) atoms. The van der Waals surface area contributed by atoms with Crippen LogP contribution in [0.15, 0.2) is 42.5 Å². The van der Waals surface area contributed by atoms with Crippen molar-refractivity contribution in [1.29, 1.82) is 5.26 Å². The number of ether oxygens (including phenoxy) is 1. The third-order valence-electron chi connectivity index (χ3n) is 3.49. The summed E-state index contributed by atoms with van der Waals surface area (Å²) in [6.45, 7) is 3.06. The van der Waals surface area contributed by atoms with Gasteiger partial charge in [-0.25, -0.2) is 4.79 Å². The van der Waals surface area contributed by atoms with Crippen LogP contribution in [-0.4, -0.2) is 24.0 Å². The van der Waals surface area contributed by atoms with Gasteiger partial charge >= 0.3 is 5.97 Å². The van der Waals surface area contributed by atoms with E-state index in [1.807, 2.05) is 48.5 Å². The van der Waals surface area contributed by atoms with Crippen LogP contribution in [0.25, 0.3) is 10.8 Å². The Morgan fingerprint density at radius 1 is 1.22 bits per heavy atom. The third kappa shape index (κ3) is 3.67. The van der Waals surface area contributed by atoms with Gasteiger partial charge in [0.05, 0.1) is 6.61 Å². The zero-order chi connectivity index (χ0) is 16.9. The van der Waals surface area contributed by atoms with E-state index in [0.717, 1.165) is 16.3 Å². The predicted octanol–water partition coefficient (Wildman–Crippen LogP) is 2.34. The van der Waals surface area contributed by atoms with E-state index in [2.05, 4.69) is 5.32 Å². The molecule has 0 bridgehead atoms. The van der Waals surface area contributed by atoms with Gasteiger partial charge < -0.3 is 10.1 Å². The molecule has 1 amide bonds. The van der Waals surface area contributed by atoms with Gasteiger partial charge in [0.1, 0.15) is 6.07 Å². The van der Waals surface area contributed by atoms with E-state index in [-0.39, 0.29) is 13.0 Å². The molecule has 2 aromatic rings. The number of carbonyl (C=O) groups excluding carboxylic acids is 2. The second kappa shape index (κ2) is 6.93. The molecule has 118 valence electrons. The molecule has 0 saturated carbocycles. The number of amides is 1. The minimum Gasteiger partial charge on any atom is -0.463 e. The molecule has 0 spiro atoms. The van der Waals surface area contributed by atoms with Crippen molar-refractivity contribution in [3.8, 4) is 6.07 Å². The van der Waals surface area contributed by atoms with E-state index in [1.54, 1.807) is 6.92 Å². The topological polar surface area (TPSA) is 79.2 Å². The molecule has 2 aromatic carbocycles. The van der Waals surface area contributed by atoms with Gasteiger partial charge in [0, 0.05) is 13.3 Å². The minimum atomic E-state index is -1.72. The van der Waals surface area contributed by atoms with Crippen molar-refractivity contribution in [3.63, 3.8) is 0 Å². The van der Waals surface area contributed by atoms with Crippen LogP contribution in [0.2, 0.25) is 0 Å². The number of nitrogens with zero attached hydrogens (tertiary/aromatic N) is 1. The highest BCUT2D eigenvalue weighted by Gasteiger charge is 2.41. The lowest BCUT2D eigenvalue weighted by Crippen LogP contribution is -2.55. The summed E-state index contributed by atoms with van der Waals surface area (Å²) in [7, 11) is 0. The summed E-state index contributed by atoms with van der Waals surface area (Å²) in [5, 5.41) is 14.0. The summed E-state index contributed by atoms with van der Waals surface area (Å²) in [5.41, 5.74) is -0.948. The van der Waals surface area contributed by atoms with Gasteiger partial charge in [0.2, 0.25) is 11.4 Å². The molecule has 0 saturated heterocycles. The van der Waals surface area contributed by atoms with Crippen LogP contribution in [-0.2, 0) is 20.7 Å². The fraction of sp³-hybridized carbons (Fsp3) is 0.278. The number of fused-ring (bicyclic) bond motifs is 1. The molecule has 5 heteroatoms. The number of rotatable bonds is 5. The molecule has 5 nitrogen and oxygen atoms in total. The molecule has 0 aliphatic heterocycles. The van der Waals surface area contributed by atoms with Crippen molar-refractivity contribution >= 4 is 22.6 Å². The zero-order valence-corrected chi connectivity index (χ0v) is 13.1. The van der Waals surface area contributed by atoms with Crippen LogP contribution in [0.5, 0.6) is 0 Å². The molecule has 0 radical (unpaired) electrons. The SMILES string of the molecule is CCOC(=O)C(C#N)(Cc1ccc2ccccc2c1)NC(C)=O. The van der Waals surface area contributed by atoms with Gasteiger partial charge in [-0.2, -0.15) is 5.26 Å². The lowest BCUT2D eigenvalue weighted by molar-refractivity contribution is -0.150. The van der Waals surface area contributed by atoms with Crippen LogP contribution in [0.3, 0.4) is 0 Å². The van der Waals surface area contributed by atoms with Crippen LogP contribution in [0, 0.1) is 11.3 Å². The molecule has 0 aliphatic rings. The maximum absolute atomic E-state index is 12.2. The Hall–Kier alpha value is -2.87. The van der Waals surface area contributed by atoms with Gasteiger partial charge in [0.25, 0.3) is 0 Å². The first-order valence-corrected chi connectivity index (χ1v) is 7.35. The number of benzene rings is 2. The summed E-state index contributed by atoms with van der Waals surface area (Å²) in [6, 6.07) is 15.4. The molecular weight excluding hydrogens is 292 g/mol. The molecule has 0 fully saturated rings. The molecule has 2 rings (SSSR count). The Kier molecular flexibility index (Phi) is 4.97. The number of carbonyl (C=O) groups is 2. The van der Waals surface area contributed by atoms with Crippen molar-refractivity contribution in [2.24, 2.45) is 0 Å². The van der Waals surface area contributed by atoms with Gasteiger partial charge in [0.15, 0.2) is 0 Å². The Labute approximate surface area is 134 Å². The van der Waals surface area contributed by atoms with Crippen LogP contribution >= 0.6 is 0 Å². The maximum Gasteiger partial charge on any atom is 0.347 e. The Morgan fingerprint density at radius 3 is 2.52 bits per heavy atom. The summed E-state index contributed by atoms with van der Waals surface area (Å²) in [6.07, 6.45) is 0.0484. The summed E-state index contributed by atoms with van der Waals surface area (Å²) in [4.78, 5) is 23.7. The van der Waals surface area contributed by atoms with Crippen LogP contribution < -0.4 is 5.32 Å². The zero-order valence-electron chi connectivity index (χ0n) is 13.1. The van der Waals surface area contributed by atoms with E-state index < -0.39 is 17.4 Å². The summed E-state index contributed by atoms with van der Waals surface area (Å²) in [5.74, 6) is -1.20. The predicted molar refractivity (Wildman–Crippen MR) is 86.4 cm³/mol. The normalized spacial score (nSPS) is 12.9. The van der Waals surface area contributed by atoms with Gasteiger partial charge in [-0.05, 0) is 23.3 Å². The summed E-state index contributed by atoms with van der Waals surface area (Å²) < 4.78 is 4.98. The third-order valence-corrected chi connectivity index (χ3v) is 3.49. The smallest absolute Gasteiger partial charge is 0.347 e. The first kappa shape index (κ1) is 16.5. The van der Waals surface area contributed by atoms with E-state index in [1.165, 1.54) is 6.92 Å². The Morgan fingerprint density at radius 2 is 1.91 bits per heavy atom. The molecule has 0 aliphatic carbocycles. The van der Waals surface area contributed by atoms with Crippen molar-refractivity contribution in [1.82, 2.24) is 5.32 Å². The van der Waals surface area contributed by atoms with E-state index in [4.69, 9.17) is 4.74 Å². The first-order valence-electron chi connectivity index (χ1n) is 7.35. The highest BCUT2D eigenvalue weighted by atomic mass is 16.5. The fourth-order valence-electron chi connectivity index (χ4n) is 2.49. The van der Waals surface area contributed by atoms with Crippen molar-refractivity contribution in [2.75, 3.05) is 6.61 Å². The van der Waals surface area contributed by atoms with Crippen molar-refractivity contribution in [2.45, 2.75) is 25.8 Å². The Balaban J connectivity index is 2.40. The number of nitriles is 1. The lowest BCUT2D eigenvalue weighted by atomic mass is 9.91. The fourth-order valence-corrected chi connectivity index (χ4v) is 2.49. The molecular formula is C18H18N2O3. The average molecular weight is 310 g/mol. The largest absolute Gasteiger partial charge is 0.463 e.